The molecule has 2 N–H and O–H groups in total. The van der Waals surface area contributed by atoms with Crippen molar-refractivity contribution in [3.05, 3.63) is 41.5 Å². The third kappa shape index (κ3) is 5.26. The first-order valence-corrected chi connectivity index (χ1v) is 7.03. The minimum atomic E-state index is -0.572. The van der Waals surface area contributed by atoms with Crippen molar-refractivity contribution < 1.29 is 9.18 Å². The summed E-state index contributed by atoms with van der Waals surface area (Å²) in [4.78, 5) is 12.4. The first-order valence-electron chi connectivity index (χ1n) is 7.03. The normalized spacial score (nSPS) is 11.6. The standard InChI is InChI=1S/C14H19FN6O.ClH/c1-10-18-19-20-21(10)13(14(22)17-8-7-16-2)9-11-3-5-12(15)6-4-11;/h3-6,13,16H,7-9H2,1-2H3,(H,17,22);1H. The SMILES string of the molecule is CNCCNC(=O)C(Cc1ccc(F)cc1)n1nnnc1C.Cl. The van der Waals surface area contributed by atoms with Crippen LogP contribution in [0.2, 0.25) is 0 Å². The van der Waals surface area contributed by atoms with E-state index >= 15 is 0 Å². The van der Waals surface area contributed by atoms with Crippen LogP contribution in [0.4, 0.5) is 4.39 Å². The van der Waals surface area contributed by atoms with Crippen LogP contribution >= 0.6 is 12.4 Å². The van der Waals surface area contributed by atoms with Gasteiger partial charge in [0.2, 0.25) is 5.91 Å². The van der Waals surface area contributed by atoms with Crippen molar-refractivity contribution in [3.63, 3.8) is 0 Å². The Morgan fingerprint density at radius 3 is 2.57 bits per heavy atom. The van der Waals surface area contributed by atoms with Gasteiger partial charge in [-0.2, -0.15) is 0 Å². The fourth-order valence-corrected chi connectivity index (χ4v) is 2.09. The number of tetrazole rings is 1. The van der Waals surface area contributed by atoms with E-state index in [2.05, 4.69) is 26.2 Å². The zero-order valence-corrected chi connectivity index (χ0v) is 13.8. The van der Waals surface area contributed by atoms with E-state index in [0.29, 0.717) is 25.3 Å². The number of halogens is 2. The van der Waals surface area contributed by atoms with Gasteiger partial charge in [-0.3, -0.25) is 4.79 Å². The summed E-state index contributed by atoms with van der Waals surface area (Å²) in [6.07, 6.45) is 0.386. The third-order valence-electron chi connectivity index (χ3n) is 3.27. The van der Waals surface area contributed by atoms with Gasteiger partial charge in [0.25, 0.3) is 0 Å². The van der Waals surface area contributed by atoms with Gasteiger partial charge in [0.15, 0.2) is 0 Å². The number of aryl methyl sites for hydroxylation is 1. The van der Waals surface area contributed by atoms with Gasteiger partial charge in [-0.05, 0) is 42.1 Å². The van der Waals surface area contributed by atoms with E-state index < -0.39 is 6.04 Å². The zero-order chi connectivity index (χ0) is 15.9. The number of aromatic nitrogens is 4. The maximum atomic E-state index is 13.0. The van der Waals surface area contributed by atoms with Crippen molar-refractivity contribution in [2.24, 2.45) is 0 Å². The second-order valence-electron chi connectivity index (χ2n) is 4.91. The van der Waals surface area contributed by atoms with Gasteiger partial charge in [-0.15, -0.1) is 17.5 Å². The summed E-state index contributed by atoms with van der Waals surface area (Å²) in [5, 5.41) is 17.1. The van der Waals surface area contributed by atoms with E-state index in [-0.39, 0.29) is 24.1 Å². The van der Waals surface area contributed by atoms with Gasteiger partial charge < -0.3 is 10.6 Å². The summed E-state index contributed by atoms with van der Waals surface area (Å²) in [5.74, 6) is 0.0724. The smallest absolute Gasteiger partial charge is 0.245 e. The Hall–Kier alpha value is -2.06. The molecule has 0 radical (unpaired) electrons. The molecule has 0 spiro atoms. The van der Waals surface area contributed by atoms with E-state index in [1.807, 2.05) is 7.05 Å². The number of carbonyl (C=O) groups is 1. The average molecular weight is 343 g/mol. The highest BCUT2D eigenvalue weighted by Crippen LogP contribution is 2.15. The lowest BCUT2D eigenvalue weighted by atomic mass is 10.1. The van der Waals surface area contributed by atoms with Crippen molar-refractivity contribution >= 4 is 18.3 Å². The van der Waals surface area contributed by atoms with E-state index in [1.54, 1.807) is 19.1 Å². The number of nitrogens with zero attached hydrogens (tertiary/aromatic N) is 4. The highest BCUT2D eigenvalue weighted by molar-refractivity contribution is 5.85. The van der Waals surface area contributed by atoms with Gasteiger partial charge in [-0.25, -0.2) is 9.07 Å². The van der Waals surface area contributed by atoms with Crippen LogP contribution in [0.15, 0.2) is 24.3 Å². The van der Waals surface area contributed by atoms with Gasteiger partial charge in [0.05, 0.1) is 0 Å². The average Bonchev–Trinajstić information content (AvgIpc) is 2.93. The quantitative estimate of drug-likeness (QED) is 0.722. The molecule has 0 saturated carbocycles. The fourth-order valence-electron chi connectivity index (χ4n) is 2.09. The van der Waals surface area contributed by atoms with Crippen LogP contribution in [-0.2, 0) is 11.2 Å². The van der Waals surface area contributed by atoms with Crippen LogP contribution in [0.5, 0.6) is 0 Å². The topological polar surface area (TPSA) is 84.7 Å². The molecule has 23 heavy (non-hydrogen) atoms. The van der Waals surface area contributed by atoms with Gasteiger partial charge >= 0.3 is 0 Å². The lowest BCUT2D eigenvalue weighted by molar-refractivity contribution is -0.124. The first kappa shape index (κ1) is 19.0. The summed E-state index contributed by atoms with van der Waals surface area (Å²) in [5.41, 5.74) is 0.838. The molecule has 126 valence electrons. The van der Waals surface area contributed by atoms with E-state index in [9.17, 15) is 9.18 Å². The second kappa shape index (κ2) is 9.16. The summed E-state index contributed by atoms with van der Waals surface area (Å²) in [7, 11) is 1.81. The Morgan fingerprint density at radius 2 is 2.00 bits per heavy atom. The van der Waals surface area contributed by atoms with Crippen LogP contribution in [0, 0.1) is 12.7 Å². The number of hydrogen-bond acceptors (Lipinski definition) is 5. The number of nitrogens with one attached hydrogen (secondary N) is 2. The molecule has 1 atom stereocenters. The van der Waals surface area contributed by atoms with E-state index in [4.69, 9.17) is 0 Å². The van der Waals surface area contributed by atoms with Crippen LogP contribution in [0.1, 0.15) is 17.4 Å². The minimum Gasteiger partial charge on any atom is -0.353 e. The fraction of sp³-hybridized carbons (Fsp3) is 0.429. The molecule has 0 aliphatic rings. The maximum absolute atomic E-state index is 13.0. The number of likely N-dealkylation sites (N-methyl/N-ethyl adjacent to an activating group) is 1. The monoisotopic (exact) mass is 342 g/mol. The zero-order valence-electron chi connectivity index (χ0n) is 13.0. The van der Waals surface area contributed by atoms with Crippen molar-refractivity contribution in [2.45, 2.75) is 19.4 Å². The molecule has 0 fully saturated rings. The molecule has 9 heteroatoms. The molecule has 1 amide bonds. The number of carbonyl (C=O) groups excluding carboxylic acids is 1. The molecule has 1 unspecified atom stereocenters. The molecular weight excluding hydrogens is 323 g/mol. The van der Waals surface area contributed by atoms with Gasteiger partial charge in [-0.1, -0.05) is 12.1 Å². The van der Waals surface area contributed by atoms with Crippen LogP contribution in [0.25, 0.3) is 0 Å². The molecule has 1 heterocycles. The summed E-state index contributed by atoms with van der Waals surface area (Å²) in [6.45, 7) is 2.92. The minimum absolute atomic E-state index is 0. The number of benzene rings is 1. The number of hydrogen-bond donors (Lipinski definition) is 2. The van der Waals surface area contributed by atoms with Crippen molar-refractivity contribution in [3.8, 4) is 0 Å². The molecule has 1 aromatic carbocycles. The molecule has 0 bridgehead atoms. The highest BCUT2D eigenvalue weighted by Gasteiger charge is 2.23. The number of amides is 1. The Kier molecular flexibility index (Phi) is 7.56. The van der Waals surface area contributed by atoms with Crippen molar-refractivity contribution in [1.29, 1.82) is 0 Å². The molecule has 0 saturated heterocycles. The predicted octanol–water partition coefficient (Wildman–Crippen LogP) is 0.662. The largest absolute Gasteiger partial charge is 0.353 e. The van der Waals surface area contributed by atoms with Crippen LogP contribution < -0.4 is 10.6 Å². The van der Waals surface area contributed by atoms with Crippen molar-refractivity contribution in [2.75, 3.05) is 20.1 Å². The molecular formula is C14H20ClFN6O. The Morgan fingerprint density at radius 1 is 1.30 bits per heavy atom. The highest BCUT2D eigenvalue weighted by atomic mass is 35.5. The Balaban J connectivity index is 0.00000264. The molecule has 7 nitrogen and oxygen atoms in total. The second-order valence-corrected chi connectivity index (χ2v) is 4.91. The van der Waals surface area contributed by atoms with Gasteiger partial charge in [0, 0.05) is 19.5 Å². The molecule has 2 rings (SSSR count). The molecule has 0 aliphatic carbocycles. The first-order chi connectivity index (χ1) is 10.6. The van der Waals surface area contributed by atoms with Gasteiger partial charge in [0.1, 0.15) is 17.7 Å². The predicted molar refractivity (Wildman–Crippen MR) is 85.9 cm³/mol. The van der Waals surface area contributed by atoms with Crippen molar-refractivity contribution in [1.82, 2.24) is 30.8 Å². The molecule has 2 aromatic rings. The Bertz CT molecular complexity index is 618. The van der Waals surface area contributed by atoms with Crippen LogP contribution in [0.3, 0.4) is 0 Å². The third-order valence-corrected chi connectivity index (χ3v) is 3.27. The maximum Gasteiger partial charge on any atom is 0.245 e. The molecule has 0 aliphatic heterocycles. The number of rotatable bonds is 7. The summed E-state index contributed by atoms with van der Waals surface area (Å²) >= 11 is 0. The summed E-state index contributed by atoms with van der Waals surface area (Å²) < 4.78 is 14.5. The summed E-state index contributed by atoms with van der Waals surface area (Å²) in [6, 6.07) is 5.48. The lowest BCUT2D eigenvalue weighted by Crippen LogP contribution is -2.38. The lowest BCUT2D eigenvalue weighted by Gasteiger charge is -2.17. The molecule has 1 aromatic heterocycles. The van der Waals surface area contributed by atoms with Crippen LogP contribution in [-0.4, -0.2) is 46.3 Å². The Labute approximate surface area is 140 Å². The van der Waals surface area contributed by atoms with E-state index in [1.165, 1.54) is 16.8 Å². The van der Waals surface area contributed by atoms with E-state index in [0.717, 1.165) is 5.56 Å².